The van der Waals surface area contributed by atoms with Crippen LogP contribution in [0.3, 0.4) is 0 Å². The summed E-state index contributed by atoms with van der Waals surface area (Å²) in [6.07, 6.45) is 1.47. The molecule has 0 radical (unpaired) electrons. The van der Waals surface area contributed by atoms with Crippen LogP contribution in [0.1, 0.15) is 17.0 Å². The van der Waals surface area contributed by atoms with Crippen molar-refractivity contribution in [2.75, 3.05) is 11.1 Å². The minimum Gasteiger partial charge on any atom is -0.378 e. The largest absolute Gasteiger partial charge is 0.378 e. The van der Waals surface area contributed by atoms with E-state index < -0.39 is 0 Å². The molecule has 3 aromatic carbocycles. The van der Waals surface area contributed by atoms with Crippen molar-refractivity contribution >= 4 is 64.4 Å². The number of halogens is 3. The van der Waals surface area contributed by atoms with Crippen LogP contribution in [0.5, 0.6) is 0 Å². The first-order valence-electron chi connectivity index (χ1n) is 10.8. The third kappa shape index (κ3) is 6.79. The molecule has 7 nitrogen and oxygen atoms in total. The Kier molecular flexibility index (Phi) is 8.88. The number of hydrogen-bond donors (Lipinski definition) is 2. The van der Waals surface area contributed by atoms with Crippen molar-refractivity contribution in [3.8, 4) is 5.69 Å². The standard InChI is InChI=1S/C25H21Cl3N6OS/c1-16-11-18(26)9-10-22(16)29-14-23-31-33-25(34(23)20-5-3-2-4-6-20)36-15-24(35)32-30-13-17-7-8-19(27)12-21(17)28/h2-13,29H,14-15H2,1H3,(H,32,35)/b30-13+. The summed E-state index contributed by atoms with van der Waals surface area (Å²) >= 11 is 19.4. The van der Waals surface area contributed by atoms with Gasteiger partial charge in [0.1, 0.15) is 0 Å². The molecule has 4 aromatic rings. The van der Waals surface area contributed by atoms with Crippen LogP contribution in [-0.2, 0) is 11.3 Å². The molecule has 0 saturated carbocycles. The number of para-hydroxylation sites is 1. The summed E-state index contributed by atoms with van der Waals surface area (Å²) < 4.78 is 1.92. The van der Waals surface area contributed by atoms with E-state index in [-0.39, 0.29) is 11.7 Å². The highest BCUT2D eigenvalue weighted by atomic mass is 35.5. The summed E-state index contributed by atoms with van der Waals surface area (Å²) in [5.41, 5.74) is 6.02. The van der Waals surface area contributed by atoms with Gasteiger partial charge in [-0.3, -0.25) is 9.36 Å². The van der Waals surface area contributed by atoms with Gasteiger partial charge in [0, 0.05) is 27.0 Å². The van der Waals surface area contributed by atoms with E-state index in [1.54, 1.807) is 18.2 Å². The lowest BCUT2D eigenvalue weighted by atomic mass is 10.2. The highest BCUT2D eigenvalue weighted by Crippen LogP contribution is 2.24. The van der Waals surface area contributed by atoms with Crippen molar-refractivity contribution in [3.05, 3.63) is 98.7 Å². The van der Waals surface area contributed by atoms with Crippen molar-refractivity contribution in [1.82, 2.24) is 20.2 Å². The zero-order valence-electron chi connectivity index (χ0n) is 19.1. The van der Waals surface area contributed by atoms with Crippen LogP contribution in [0.15, 0.2) is 77.0 Å². The lowest BCUT2D eigenvalue weighted by Gasteiger charge is -2.12. The molecule has 0 saturated heterocycles. The van der Waals surface area contributed by atoms with E-state index in [4.69, 9.17) is 34.8 Å². The van der Waals surface area contributed by atoms with Crippen molar-refractivity contribution in [1.29, 1.82) is 0 Å². The Hall–Kier alpha value is -3.04. The SMILES string of the molecule is Cc1cc(Cl)ccc1NCc1nnc(SCC(=O)N/N=C/c2ccc(Cl)cc2Cl)n1-c1ccccc1. The average molecular weight is 560 g/mol. The van der Waals surface area contributed by atoms with Crippen molar-refractivity contribution < 1.29 is 4.79 Å². The van der Waals surface area contributed by atoms with Gasteiger partial charge in [-0.1, -0.05) is 70.8 Å². The smallest absolute Gasteiger partial charge is 0.250 e. The summed E-state index contributed by atoms with van der Waals surface area (Å²) in [7, 11) is 0. The number of benzene rings is 3. The van der Waals surface area contributed by atoms with Gasteiger partial charge in [-0.25, -0.2) is 5.43 Å². The van der Waals surface area contributed by atoms with Crippen molar-refractivity contribution in [2.45, 2.75) is 18.6 Å². The predicted octanol–water partition coefficient (Wildman–Crippen LogP) is 6.39. The fourth-order valence-electron chi connectivity index (χ4n) is 3.29. The first kappa shape index (κ1) is 26.0. The highest BCUT2D eigenvalue weighted by molar-refractivity contribution is 7.99. The Morgan fingerprint density at radius 2 is 1.78 bits per heavy atom. The number of carbonyl (C=O) groups is 1. The third-order valence-corrected chi connectivity index (χ3v) is 6.75. The molecular formula is C25H21Cl3N6OS. The van der Waals surface area contributed by atoms with E-state index in [0.29, 0.717) is 38.2 Å². The molecule has 0 unspecified atom stereocenters. The van der Waals surface area contributed by atoms with Crippen LogP contribution in [0, 0.1) is 6.92 Å². The van der Waals surface area contributed by atoms with Crippen LogP contribution >= 0.6 is 46.6 Å². The van der Waals surface area contributed by atoms with Crippen LogP contribution in [0.2, 0.25) is 15.1 Å². The zero-order chi connectivity index (χ0) is 25.5. The van der Waals surface area contributed by atoms with Gasteiger partial charge in [0.25, 0.3) is 5.91 Å². The third-order valence-electron chi connectivity index (χ3n) is 5.03. The monoisotopic (exact) mass is 558 g/mol. The Labute approximate surface area is 227 Å². The Balaban J connectivity index is 1.44. The molecule has 2 N–H and O–H groups in total. The number of anilines is 1. The Morgan fingerprint density at radius 3 is 2.53 bits per heavy atom. The molecule has 1 heterocycles. The van der Waals surface area contributed by atoms with E-state index >= 15 is 0 Å². The van der Waals surface area contributed by atoms with E-state index in [1.165, 1.54) is 18.0 Å². The molecule has 0 atom stereocenters. The fourth-order valence-corrected chi connectivity index (χ4v) is 4.73. The van der Waals surface area contributed by atoms with Crippen molar-refractivity contribution in [2.24, 2.45) is 5.10 Å². The van der Waals surface area contributed by atoms with E-state index in [1.807, 2.05) is 60.0 Å². The number of thioether (sulfide) groups is 1. The normalized spacial score (nSPS) is 11.1. The average Bonchev–Trinajstić information content (AvgIpc) is 3.27. The van der Waals surface area contributed by atoms with Gasteiger partial charge in [0.2, 0.25) is 0 Å². The lowest BCUT2D eigenvalue weighted by molar-refractivity contribution is -0.118. The van der Waals surface area contributed by atoms with Crippen LogP contribution in [0.25, 0.3) is 5.69 Å². The fraction of sp³-hybridized carbons (Fsp3) is 0.120. The maximum absolute atomic E-state index is 12.4. The number of aromatic nitrogens is 3. The summed E-state index contributed by atoms with van der Waals surface area (Å²) in [6.45, 7) is 2.42. The highest BCUT2D eigenvalue weighted by Gasteiger charge is 2.16. The van der Waals surface area contributed by atoms with Crippen LogP contribution < -0.4 is 10.7 Å². The number of nitrogens with zero attached hydrogens (tertiary/aromatic N) is 4. The maximum atomic E-state index is 12.4. The molecule has 0 aliphatic rings. The van der Waals surface area contributed by atoms with Gasteiger partial charge in [-0.2, -0.15) is 5.10 Å². The quantitative estimate of drug-likeness (QED) is 0.141. The summed E-state index contributed by atoms with van der Waals surface area (Å²) in [4.78, 5) is 12.4. The molecular weight excluding hydrogens is 539 g/mol. The van der Waals surface area contributed by atoms with Gasteiger partial charge in [-0.05, 0) is 55.0 Å². The number of aryl methyl sites for hydroxylation is 1. The van der Waals surface area contributed by atoms with Gasteiger partial charge >= 0.3 is 0 Å². The number of carbonyl (C=O) groups excluding carboxylic acids is 1. The summed E-state index contributed by atoms with van der Waals surface area (Å²) in [5.74, 6) is 0.509. The minimum atomic E-state index is -0.291. The van der Waals surface area contributed by atoms with Crippen LogP contribution in [0.4, 0.5) is 5.69 Å². The number of hydrogen-bond acceptors (Lipinski definition) is 6. The second kappa shape index (κ2) is 12.3. The molecule has 0 fully saturated rings. The second-order valence-corrected chi connectivity index (χ2v) is 9.85. The lowest BCUT2D eigenvalue weighted by Crippen LogP contribution is -2.20. The first-order chi connectivity index (χ1) is 17.4. The zero-order valence-corrected chi connectivity index (χ0v) is 22.2. The molecule has 1 aromatic heterocycles. The Bertz CT molecular complexity index is 1390. The molecule has 4 rings (SSSR count). The molecule has 0 aliphatic heterocycles. The number of amides is 1. The van der Waals surface area contributed by atoms with Gasteiger partial charge in [-0.15, -0.1) is 10.2 Å². The molecule has 11 heteroatoms. The predicted molar refractivity (Wildman–Crippen MR) is 148 cm³/mol. The van der Waals surface area contributed by atoms with Gasteiger partial charge in [0.05, 0.1) is 23.5 Å². The topological polar surface area (TPSA) is 84.2 Å². The molecule has 36 heavy (non-hydrogen) atoms. The minimum absolute atomic E-state index is 0.0976. The summed E-state index contributed by atoms with van der Waals surface area (Å²) in [6, 6.07) is 20.4. The van der Waals surface area contributed by atoms with E-state index in [9.17, 15) is 4.79 Å². The second-order valence-electron chi connectivity index (χ2n) is 7.63. The molecule has 0 spiro atoms. The number of hydrazone groups is 1. The van der Waals surface area contributed by atoms with E-state index in [2.05, 4.69) is 26.0 Å². The van der Waals surface area contributed by atoms with Gasteiger partial charge in [0.15, 0.2) is 11.0 Å². The summed E-state index contributed by atoms with van der Waals surface area (Å²) in [5, 5.41) is 18.3. The molecule has 0 bridgehead atoms. The molecule has 0 aliphatic carbocycles. The van der Waals surface area contributed by atoms with Gasteiger partial charge < -0.3 is 5.32 Å². The Morgan fingerprint density at radius 1 is 1.03 bits per heavy atom. The van der Waals surface area contributed by atoms with Crippen molar-refractivity contribution in [3.63, 3.8) is 0 Å². The molecule has 1 amide bonds. The maximum Gasteiger partial charge on any atom is 0.250 e. The number of nitrogens with one attached hydrogen (secondary N) is 2. The number of rotatable bonds is 9. The first-order valence-corrected chi connectivity index (χ1v) is 12.9. The van der Waals surface area contributed by atoms with Crippen LogP contribution in [-0.4, -0.2) is 32.6 Å². The molecule has 184 valence electrons. The van der Waals surface area contributed by atoms with E-state index in [0.717, 1.165) is 16.9 Å².